The molecule has 1 aliphatic carbocycles. The number of fused-ring (bicyclic) bond motifs is 1. The Labute approximate surface area is 189 Å². The van der Waals surface area contributed by atoms with Crippen LogP contribution in [0.25, 0.3) is 10.9 Å². The van der Waals surface area contributed by atoms with Crippen LogP contribution in [0.2, 0.25) is 0 Å². The molecule has 5 rings (SSSR count). The highest BCUT2D eigenvalue weighted by Crippen LogP contribution is 2.38. The summed E-state index contributed by atoms with van der Waals surface area (Å²) in [7, 11) is 0. The lowest BCUT2D eigenvalue weighted by atomic mass is 9.82. The molecule has 1 aliphatic rings. The van der Waals surface area contributed by atoms with Gasteiger partial charge in [-0.25, -0.2) is 0 Å². The third-order valence-corrected chi connectivity index (χ3v) is 5.44. The maximum absolute atomic E-state index is 12.1. The summed E-state index contributed by atoms with van der Waals surface area (Å²) >= 11 is 0. The molecule has 4 aromatic rings. The van der Waals surface area contributed by atoms with Gasteiger partial charge in [-0.3, -0.25) is 24.7 Å². The van der Waals surface area contributed by atoms with Gasteiger partial charge in [0.1, 0.15) is 17.0 Å². The number of anilines is 1. The number of aromatic nitrogens is 4. The van der Waals surface area contributed by atoms with Crippen LogP contribution in [0.1, 0.15) is 12.1 Å². The van der Waals surface area contributed by atoms with E-state index in [-0.39, 0.29) is 0 Å². The van der Waals surface area contributed by atoms with Crippen molar-refractivity contribution in [3.63, 3.8) is 0 Å². The Balaban J connectivity index is 1.58. The smallest absolute Gasteiger partial charge is 0.244 e. The van der Waals surface area contributed by atoms with E-state index in [9.17, 15) is 4.79 Å². The van der Waals surface area contributed by atoms with Crippen LogP contribution in [0.3, 0.4) is 0 Å². The highest BCUT2D eigenvalue weighted by molar-refractivity contribution is 5.94. The van der Waals surface area contributed by atoms with Crippen molar-refractivity contribution in [2.24, 2.45) is 5.73 Å². The summed E-state index contributed by atoms with van der Waals surface area (Å²) in [5.74, 6) is 0.792. The molecule has 8 heteroatoms. The molecule has 3 N–H and O–H groups in total. The summed E-state index contributed by atoms with van der Waals surface area (Å²) < 4.78 is 5.99. The number of nitrogens with two attached hydrogens (primary N) is 1. The van der Waals surface area contributed by atoms with Crippen LogP contribution in [0.4, 0.5) is 5.69 Å². The van der Waals surface area contributed by atoms with Crippen molar-refractivity contribution in [2.45, 2.75) is 12.0 Å². The molecule has 4 aromatic heterocycles. The monoisotopic (exact) mass is 436 g/mol. The van der Waals surface area contributed by atoms with E-state index in [2.05, 4.69) is 25.3 Å². The number of amides is 1. The van der Waals surface area contributed by atoms with E-state index in [0.717, 1.165) is 16.6 Å². The lowest BCUT2D eigenvalue weighted by molar-refractivity contribution is -0.114. The maximum Gasteiger partial charge on any atom is 0.244 e. The van der Waals surface area contributed by atoms with Gasteiger partial charge in [-0.15, -0.1) is 0 Å². The molecule has 162 valence electrons. The first-order chi connectivity index (χ1) is 16.1. The minimum Gasteiger partial charge on any atom is -0.457 e. The number of ether oxygens (including phenoxy) is 1. The van der Waals surface area contributed by atoms with Crippen molar-refractivity contribution in [1.82, 2.24) is 19.9 Å². The zero-order chi connectivity index (χ0) is 22.7. The molecule has 8 nitrogen and oxygen atoms in total. The molecule has 0 aliphatic heterocycles. The normalized spacial score (nSPS) is 17.4. The van der Waals surface area contributed by atoms with Crippen LogP contribution in [-0.4, -0.2) is 25.8 Å². The van der Waals surface area contributed by atoms with Crippen molar-refractivity contribution in [1.29, 1.82) is 0 Å². The van der Waals surface area contributed by atoms with Crippen LogP contribution in [0.15, 0.2) is 97.4 Å². The summed E-state index contributed by atoms with van der Waals surface area (Å²) in [5, 5.41) is 4.44. The summed E-state index contributed by atoms with van der Waals surface area (Å²) in [6, 6.07) is 10.9. The first-order valence-electron chi connectivity index (χ1n) is 10.3. The largest absolute Gasteiger partial charge is 0.457 e. The van der Waals surface area contributed by atoms with Crippen molar-refractivity contribution in [2.75, 3.05) is 5.32 Å². The van der Waals surface area contributed by atoms with E-state index in [1.165, 1.54) is 0 Å². The van der Waals surface area contributed by atoms with Crippen molar-refractivity contribution < 1.29 is 9.53 Å². The van der Waals surface area contributed by atoms with Gasteiger partial charge in [-0.1, -0.05) is 18.2 Å². The zero-order valence-corrected chi connectivity index (χ0v) is 17.6. The van der Waals surface area contributed by atoms with Gasteiger partial charge in [0.05, 0.1) is 11.2 Å². The maximum atomic E-state index is 12.1. The summed E-state index contributed by atoms with van der Waals surface area (Å²) in [4.78, 5) is 29.4. The van der Waals surface area contributed by atoms with Crippen LogP contribution >= 0.6 is 0 Å². The van der Waals surface area contributed by atoms with Crippen molar-refractivity contribution >= 4 is 22.5 Å². The topological polar surface area (TPSA) is 116 Å². The van der Waals surface area contributed by atoms with E-state index in [4.69, 9.17) is 10.5 Å². The first-order valence-corrected chi connectivity index (χ1v) is 10.3. The number of nitrogens with one attached hydrogen (secondary N) is 1. The third kappa shape index (κ3) is 4.14. The van der Waals surface area contributed by atoms with Crippen LogP contribution in [0.5, 0.6) is 11.5 Å². The van der Waals surface area contributed by atoms with E-state index in [1.807, 2.05) is 30.4 Å². The summed E-state index contributed by atoms with van der Waals surface area (Å²) in [6.45, 7) is 0. The molecule has 0 fully saturated rings. The molecule has 0 spiro atoms. The van der Waals surface area contributed by atoms with Gasteiger partial charge in [0, 0.05) is 66.3 Å². The molecule has 0 saturated carbocycles. The number of primary amides is 1. The van der Waals surface area contributed by atoms with Gasteiger partial charge in [-0.05, 0) is 30.3 Å². The second-order valence-corrected chi connectivity index (χ2v) is 7.60. The number of carbonyl (C=O) groups excluding carboxylic acids is 1. The lowest BCUT2D eigenvalue weighted by Crippen LogP contribution is -2.38. The fraction of sp³-hybridized carbons (Fsp3) is 0.0800. The van der Waals surface area contributed by atoms with Crippen LogP contribution in [0, 0.1) is 0 Å². The van der Waals surface area contributed by atoms with Gasteiger partial charge >= 0.3 is 0 Å². The minimum absolute atomic E-state index is 0.314. The fourth-order valence-corrected chi connectivity index (χ4v) is 3.84. The second-order valence-electron chi connectivity index (χ2n) is 7.60. The average molecular weight is 436 g/mol. The highest BCUT2D eigenvalue weighted by atomic mass is 16.5. The predicted molar refractivity (Wildman–Crippen MR) is 124 cm³/mol. The van der Waals surface area contributed by atoms with E-state index < -0.39 is 11.4 Å². The van der Waals surface area contributed by atoms with Crippen molar-refractivity contribution in [3.05, 3.63) is 103 Å². The SMILES string of the molecule is NC(=O)C1=CC=CC(Nc2ccnc3ccncc23)(c2cc(Oc3ccncc3)ccn2)C1. The van der Waals surface area contributed by atoms with E-state index in [0.29, 0.717) is 29.2 Å². The number of pyridine rings is 4. The van der Waals surface area contributed by atoms with Gasteiger partial charge in [0.15, 0.2) is 0 Å². The molecular formula is C25H20N6O2. The molecule has 0 radical (unpaired) electrons. The molecule has 33 heavy (non-hydrogen) atoms. The van der Waals surface area contributed by atoms with Gasteiger partial charge < -0.3 is 15.8 Å². The van der Waals surface area contributed by atoms with Gasteiger partial charge in [0.2, 0.25) is 5.91 Å². The Hall–Kier alpha value is -4.59. The number of hydrogen-bond acceptors (Lipinski definition) is 7. The van der Waals surface area contributed by atoms with Gasteiger partial charge in [-0.2, -0.15) is 0 Å². The molecule has 0 bridgehead atoms. The second kappa shape index (κ2) is 8.51. The van der Waals surface area contributed by atoms with Crippen LogP contribution in [-0.2, 0) is 10.3 Å². The average Bonchev–Trinajstić information content (AvgIpc) is 2.85. The summed E-state index contributed by atoms with van der Waals surface area (Å²) in [6.07, 6.45) is 16.0. The quantitative estimate of drug-likeness (QED) is 0.471. The lowest BCUT2D eigenvalue weighted by Gasteiger charge is -2.35. The molecule has 0 saturated heterocycles. The first kappa shape index (κ1) is 20.3. The number of allylic oxidation sites excluding steroid dienone is 2. The fourth-order valence-electron chi connectivity index (χ4n) is 3.84. The van der Waals surface area contributed by atoms with Crippen LogP contribution < -0.4 is 15.8 Å². The Morgan fingerprint density at radius 2 is 1.76 bits per heavy atom. The molecule has 1 atom stereocenters. The molecule has 4 heterocycles. The number of carbonyl (C=O) groups is 1. The number of nitrogens with zero attached hydrogens (tertiary/aromatic N) is 4. The Morgan fingerprint density at radius 3 is 2.61 bits per heavy atom. The third-order valence-electron chi connectivity index (χ3n) is 5.44. The molecule has 0 aromatic carbocycles. The highest BCUT2D eigenvalue weighted by Gasteiger charge is 2.35. The van der Waals surface area contributed by atoms with E-state index >= 15 is 0 Å². The van der Waals surface area contributed by atoms with Crippen molar-refractivity contribution in [3.8, 4) is 11.5 Å². The molecule has 1 amide bonds. The molecule has 1 unspecified atom stereocenters. The summed E-state index contributed by atoms with van der Waals surface area (Å²) in [5.41, 5.74) is 7.57. The number of rotatable bonds is 6. The standard InChI is InChI=1S/C25H20N6O2/c26-24(32)17-2-1-8-25(15-17,31-22-7-13-29-21-6-11-28-16-20(21)22)23-14-19(5-12-30-23)33-18-3-9-27-10-4-18/h1-14,16H,15H2,(H2,26,32)(H,29,31). The zero-order valence-electron chi connectivity index (χ0n) is 17.6. The minimum atomic E-state index is -0.846. The number of hydrogen-bond donors (Lipinski definition) is 2. The van der Waals surface area contributed by atoms with Gasteiger partial charge in [0.25, 0.3) is 0 Å². The molecular weight excluding hydrogens is 416 g/mol. The predicted octanol–water partition coefficient (Wildman–Crippen LogP) is 3.89. The Kier molecular flexibility index (Phi) is 5.24. The Bertz CT molecular complexity index is 1380. The van der Waals surface area contributed by atoms with E-state index in [1.54, 1.807) is 61.5 Å². The Morgan fingerprint density at radius 1 is 0.970 bits per heavy atom.